The molecule has 0 aliphatic carbocycles. The Hall–Kier alpha value is -1.36. The summed E-state index contributed by atoms with van der Waals surface area (Å²) < 4.78 is 10.9. The summed E-state index contributed by atoms with van der Waals surface area (Å²) >= 11 is 3.29. The van der Waals surface area contributed by atoms with Crippen molar-refractivity contribution in [3.63, 3.8) is 0 Å². The fourth-order valence-electron chi connectivity index (χ4n) is 1.21. The number of hydrogen-bond acceptors (Lipinski definition) is 4. The van der Waals surface area contributed by atoms with Crippen LogP contribution < -0.4 is 0 Å². The van der Waals surface area contributed by atoms with Gasteiger partial charge in [0.05, 0.1) is 6.61 Å². The van der Waals surface area contributed by atoms with Gasteiger partial charge in [0.15, 0.2) is 0 Å². The zero-order chi connectivity index (χ0) is 10.8. The first-order chi connectivity index (χ1) is 7.20. The summed E-state index contributed by atoms with van der Waals surface area (Å²) in [5.41, 5.74) is 0.432. The van der Waals surface area contributed by atoms with Gasteiger partial charge in [0.1, 0.15) is 0 Å². The average molecular weight is 270 g/mol. The monoisotopic (exact) mass is 269 g/mol. The van der Waals surface area contributed by atoms with Gasteiger partial charge in [0, 0.05) is 22.1 Å². The Bertz CT molecular complexity index is 506. The molecular weight excluding hydrogens is 262 g/mol. The van der Waals surface area contributed by atoms with Crippen LogP contribution in [0.15, 0.2) is 27.2 Å². The van der Waals surface area contributed by atoms with E-state index >= 15 is 0 Å². The van der Waals surface area contributed by atoms with E-state index in [1.165, 1.54) is 0 Å². The van der Waals surface area contributed by atoms with Gasteiger partial charge in [-0.15, -0.1) is 0 Å². The maximum Gasteiger partial charge on any atom is 0.374 e. The van der Waals surface area contributed by atoms with Gasteiger partial charge >= 0.3 is 5.97 Å². The van der Waals surface area contributed by atoms with Crippen LogP contribution in [0.25, 0.3) is 11.1 Å². The maximum absolute atomic E-state index is 11.3. The number of hydrogen-bond donors (Lipinski definition) is 0. The minimum atomic E-state index is -0.466. The third-order valence-corrected chi connectivity index (χ3v) is 2.25. The van der Waals surface area contributed by atoms with Crippen LogP contribution in [0.3, 0.4) is 0 Å². The number of carbonyl (C=O) groups excluding carboxylic acids is 1. The zero-order valence-corrected chi connectivity index (χ0v) is 9.58. The second kappa shape index (κ2) is 4.02. The first kappa shape index (κ1) is 10.2. The molecule has 0 spiro atoms. The number of aromatic nitrogens is 1. The highest BCUT2D eigenvalue weighted by Crippen LogP contribution is 2.21. The number of furan rings is 1. The topological polar surface area (TPSA) is 52.3 Å². The molecule has 2 rings (SSSR count). The third-order valence-electron chi connectivity index (χ3n) is 1.82. The summed E-state index contributed by atoms with van der Waals surface area (Å²) in [6.45, 7) is 2.07. The van der Waals surface area contributed by atoms with Crippen molar-refractivity contribution in [2.24, 2.45) is 0 Å². The second-order valence-corrected chi connectivity index (χ2v) is 3.79. The van der Waals surface area contributed by atoms with E-state index in [4.69, 9.17) is 9.15 Å². The largest absolute Gasteiger partial charge is 0.460 e. The number of pyridine rings is 1. The van der Waals surface area contributed by atoms with Crippen LogP contribution in [0.1, 0.15) is 17.5 Å². The van der Waals surface area contributed by atoms with Crippen LogP contribution >= 0.6 is 15.9 Å². The van der Waals surface area contributed by atoms with Crippen LogP contribution in [0.5, 0.6) is 0 Å². The van der Waals surface area contributed by atoms with E-state index in [1.807, 2.05) is 6.07 Å². The molecule has 0 saturated carbocycles. The van der Waals surface area contributed by atoms with Crippen LogP contribution in [-0.2, 0) is 4.74 Å². The average Bonchev–Trinajstić information content (AvgIpc) is 2.60. The summed E-state index contributed by atoms with van der Waals surface area (Å²) in [5.74, 6) is -0.288. The van der Waals surface area contributed by atoms with Gasteiger partial charge in [-0.3, -0.25) is 0 Å². The lowest BCUT2D eigenvalue weighted by Crippen LogP contribution is -2.02. The fraction of sp³-hybridized carbons (Fsp3) is 0.200. The normalized spacial score (nSPS) is 10.5. The molecule has 2 aromatic rings. The number of halogens is 1. The number of fused-ring (bicyclic) bond motifs is 1. The lowest BCUT2D eigenvalue weighted by molar-refractivity contribution is 0.0492. The van der Waals surface area contributed by atoms with Gasteiger partial charge < -0.3 is 9.15 Å². The first-order valence-corrected chi connectivity index (χ1v) is 5.22. The molecule has 0 bridgehead atoms. The number of ether oxygens (including phenoxy) is 1. The zero-order valence-electron chi connectivity index (χ0n) is 7.99. The van der Waals surface area contributed by atoms with Crippen molar-refractivity contribution in [1.82, 2.24) is 4.98 Å². The van der Waals surface area contributed by atoms with E-state index < -0.39 is 5.97 Å². The van der Waals surface area contributed by atoms with Crippen LogP contribution in [-0.4, -0.2) is 17.6 Å². The van der Waals surface area contributed by atoms with E-state index in [2.05, 4.69) is 20.9 Å². The molecule has 4 nitrogen and oxygen atoms in total. The highest BCUT2D eigenvalue weighted by molar-refractivity contribution is 9.10. The molecule has 0 unspecified atom stereocenters. The highest BCUT2D eigenvalue weighted by atomic mass is 79.9. The molecule has 0 radical (unpaired) electrons. The summed E-state index contributed by atoms with van der Waals surface area (Å²) in [4.78, 5) is 15.4. The lowest BCUT2D eigenvalue weighted by Gasteiger charge is -1.95. The Morgan fingerprint density at radius 1 is 1.60 bits per heavy atom. The van der Waals surface area contributed by atoms with Crippen molar-refractivity contribution < 1.29 is 13.9 Å². The molecule has 2 heterocycles. The number of carbonyl (C=O) groups is 1. The van der Waals surface area contributed by atoms with Gasteiger partial charge in [-0.1, -0.05) is 0 Å². The van der Waals surface area contributed by atoms with Gasteiger partial charge in [0.25, 0.3) is 0 Å². The first-order valence-electron chi connectivity index (χ1n) is 4.43. The molecule has 0 aliphatic rings. The summed E-state index contributed by atoms with van der Waals surface area (Å²) in [6, 6.07) is 3.44. The Morgan fingerprint density at radius 2 is 2.40 bits per heavy atom. The van der Waals surface area contributed by atoms with Gasteiger partial charge in [-0.2, -0.15) is 0 Å². The third kappa shape index (κ3) is 2.02. The fourth-order valence-corrected chi connectivity index (χ4v) is 1.56. The number of rotatable bonds is 2. The molecule has 5 heteroatoms. The minimum absolute atomic E-state index is 0.178. The Kier molecular flexibility index (Phi) is 2.73. The molecule has 0 amide bonds. The molecule has 0 fully saturated rings. The molecule has 15 heavy (non-hydrogen) atoms. The van der Waals surface area contributed by atoms with E-state index in [0.717, 1.165) is 9.86 Å². The molecule has 78 valence electrons. The molecular formula is C10H8BrNO3. The van der Waals surface area contributed by atoms with Gasteiger partial charge in [-0.05, 0) is 28.9 Å². The van der Waals surface area contributed by atoms with Crippen molar-refractivity contribution in [2.45, 2.75) is 6.92 Å². The van der Waals surface area contributed by atoms with Crippen LogP contribution in [0.4, 0.5) is 0 Å². The summed E-state index contributed by atoms with van der Waals surface area (Å²) in [5, 5.41) is 0.771. The predicted molar refractivity (Wildman–Crippen MR) is 57.7 cm³/mol. The highest BCUT2D eigenvalue weighted by Gasteiger charge is 2.13. The van der Waals surface area contributed by atoms with E-state index in [1.54, 1.807) is 19.2 Å². The van der Waals surface area contributed by atoms with Crippen molar-refractivity contribution >= 4 is 33.0 Å². The molecule has 0 aromatic carbocycles. The van der Waals surface area contributed by atoms with E-state index in [9.17, 15) is 4.79 Å². The van der Waals surface area contributed by atoms with Gasteiger partial charge in [-0.25, -0.2) is 9.78 Å². The second-order valence-electron chi connectivity index (χ2n) is 2.88. The Balaban J connectivity index is 2.42. The lowest BCUT2D eigenvalue weighted by atomic mass is 10.3. The predicted octanol–water partition coefficient (Wildman–Crippen LogP) is 2.77. The smallest absolute Gasteiger partial charge is 0.374 e. The van der Waals surface area contributed by atoms with E-state index in [-0.39, 0.29) is 5.76 Å². The quantitative estimate of drug-likeness (QED) is 0.787. The van der Waals surface area contributed by atoms with Crippen molar-refractivity contribution in [3.8, 4) is 0 Å². The molecule has 0 saturated heterocycles. The summed E-state index contributed by atoms with van der Waals surface area (Å²) in [7, 11) is 0. The Labute approximate surface area is 94.4 Å². The van der Waals surface area contributed by atoms with Crippen LogP contribution in [0.2, 0.25) is 0 Å². The van der Waals surface area contributed by atoms with Gasteiger partial charge in [0.2, 0.25) is 11.5 Å². The van der Waals surface area contributed by atoms with Crippen LogP contribution in [0, 0.1) is 0 Å². The molecule has 0 aliphatic heterocycles. The molecule has 0 atom stereocenters. The molecule has 2 aromatic heterocycles. The molecule has 0 N–H and O–H groups in total. The number of esters is 1. The summed E-state index contributed by atoms with van der Waals surface area (Å²) in [6.07, 6.45) is 1.61. The van der Waals surface area contributed by atoms with Crippen molar-refractivity contribution in [3.05, 3.63) is 28.6 Å². The standard InChI is InChI=1S/C10H8BrNO3/c1-2-14-10(13)8-4-6-3-7(11)5-12-9(6)15-8/h3-5H,2H2,1H3. The van der Waals surface area contributed by atoms with Crippen molar-refractivity contribution in [1.29, 1.82) is 0 Å². The minimum Gasteiger partial charge on any atom is -0.460 e. The van der Waals surface area contributed by atoms with Crippen molar-refractivity contribution in [2.75, 3.05) is 6.61 Å². The SMILES string of the molecule is CCOC(=O)c1cc2cc(Br)cnc2o1. The maximum atomic E-state index is 11.3. The Morgan fingerprint density at radius 3 is 3.13 bits per heavy atom. The van der Waals surface area contributed by atoms with E-state index in [0.29, 0.717) is 12.3 Å². The number of nitrogens with zero attached hydrogens (tertiary/aromatic N) is 1.